The van der Waals surface area contributed by atoms with Gasteiger partial charge in [-0.1, -0.05) is 36.4 Å². The maximum atomic E-state index is 11.0. The zero-order valence-corrected chi connectivity index (χ0v) is 12.0. The van der Waals surface area contributed by atoms with E-state index in [1.165, 1.54) is 18.3 Å². The zero-order chi connectivity index (χ0) is 16.2. The number of rotatable bonds is 3. The number of guanidine groups is 1. The molecule has 0 saturated carbocycles. The molecule has 1 aromatic heterocycles. The van der Waals surface area contributed by atoms with Crippen molar-refractivity contribution in [3.63, 3.8) is 0 Å². The second kappa shape index (κ2) is 6.10. The van der Waals surface area contributed by atoms with Crippen LogP contribution in [0.15, 0.2) is 65.8 Å². The molecule has 7 nitrogen and oxygen atoms in total. The molecular formula is C16H13N5O2. The van der Waals surface area contributed by atoms with Crippen molar-refractivity contribution in [1.29, 1.82) is 0 Å². The predicted octanol–water partition coefficient (Wildman–Crippen LogP) is 3.20. The van der Waals surface area contributed by atoms with Gasteiger partial charge in [0.1, 0.15) is 0 Å². The second-order valence-corrected chi connectivity index (χ2v) is 4.75. The Bertz CT molecular complexity index is 902. The molecule has 2 aromatic carbocycles. The molecule has 0 amide bonds. The van der Waals surface area contributed by atoms with Crippen molar-refractivity contribution in [3.05, 3.63) is 70.9 Å². The Morgan fingerprint density at radius 1 is 1.13 bits per heavy atom. The van der Waals surface area contributed by atoms with Crippen LogP contribution >= 0.6 is 0 Å². The number of nitrogens with one attached hydrogen (secondary N) is 1. The summed E-state index contributed by atoms with van der Waals surface area (Å²) < 4.78 is 0. The minimum Gasteiger partial charge on any atom is -0.369 e. The number of nitro groups is 1. The van der Waals surface area contributed by atoms with Gasteiger partial charge in [0.2, 0.25) is 5.82 Å². The third-order valence-electron chi connectivity index (χ3n) is 3.24. The maximum absolute atomic E-state index is 11.0. The molecule has 0 aliphatic carbocycles. The van der Waals surface area contributed by atoms with Gasteiger partial charge < -0.3 is 11.1 Å². The van der Waals surface area contributed by atoms with Crippen LogP contribution in [-0.2, 0) is 0 Å². The quantitative estimate of drug-likeness (QED) is 0.334. The van der Waals surface area contributed by atoms with Crippen molar-refractivity contribution in [2.45, 2.75) is 0 Å². The summed E-state index contributed by atoms with van der Waals surface area (Å²) in [6, 6.07) is 16.3. The van der Waals surface area contributed by atoms with Crippen LogP contribution in [0, 0.1) is 10.1 Å². The van der Waals surface area contributed by atoms with Crippen LogP contribution in [0.25, 0.3) is 10.8 Å². The summed E-state index contributed by atoms with van der Waals surface area (Å²) in [5.74, 6) is -0.00844. The molecule has 3 N–H and O–H groups in total. The number of hydrogen-bond acceptors (Lipinski definition) is 4. The van der Waals surface area contributed by atoms with E-state index < -0.39 is 4.92 Å². The van der Waals surface area contributed by atoms with Crippen molar-refractivity contribution < 1.29 is 4.92 Å². The van der Waals surface area contributed by atoms with E-state index in [4.69, 9.17) is 5.73 Å². The molecule has 0 atom stereocenters. The lowest BCUT2D eigenvalue weighted by Gasteiger charge is -2.08. The van der Waals surface area contributed by atoms with Gasteiger partial charge in [0.25, 0.3) is 0 Å². The predicted molar refractivity (Wildman–Crippen MR) is 89.7 cm³/mol. The Morgan fingerprint density at radius 2 is 1.91 bits per heavy atom. The third kappa shape index (κ3) is 3.08. The van der Waals surface area contributed by atoms with E-state index in [0.29, 0.717) is 0 Å². The first-order valence-corrected chi connectivity index (χ1v) is 6.83. The molecule has 3 rings (SSSR count). The van der Waals surface area contributed by atoms with Gasteiger partial charge in [0.05, 0.1) is 4.92 Å². The first-order chi connectivity index (χ1) is 11.1. The van der Waals surface area contributed by atoms with Crippen molar-refractivity contribution in [2.24, 2.45) is 10.7 Å². The average Bonchev–Trinajstić information content (AvgIpc) is 2.55. The van der Waals surface area contributed by atoms with Crippen LogP contribution in [0.5, 0.6) is 0 Å². The molecule has 0 fully saturated rings. The molecule has 0 unspecified atom stereocenters. The Hall–Kier alpha value is -3.48. The number of nitrogens with zero attached hydrogens (tertiary/aromatic N) is 3. The van der Waals surface area contributed by atoms with E-state index in [0.717, 1.165) is 16.5 Å². The lowest BCUT2D eigenvalue weighted by Crippen LogP contribution is -2.22. The van der Waals surface area contributed by atoms with Crippen LogP contribution < -0.4 is 11.1 Å². The molecule has 0 radical (unpaired) electrons. The van der Waals surface area contributed by atoms with E-state index >= 15 is 0 Å². The monoisotopic (exact) mass is 307 g/mol. The van der Waals surface area contributed by atoms with Gasteiger partial charge in [-0.05, 0) is 17.5 Å². The summed E-state index contributed by atoms with van der Waals surface area (Å²) in [6.07, 6.45) is 1.43. The van der Waals surface area contributed by atoms with E-state index in [-0.39, 0.29) is 17.5 Å². The highest BCUT2D eigenvalue weighted by atomic mass is 16.6. The second-order valence-electron chi connectivity index (χ2n) is 4.75. The summed E-state index contributed by atoms with van der Waals surface area (Å²) in [5.41, 5.74) is 6.44. The molecule has 0 aliphatic rings. The van der Waals surface area contributed by atoms with Crippen molar-refractivity contribution in [1.82, 2.24) is 4.98 Å². The van der Waals surface area contributed by atoms with Crippen LogP contribution in [-0.4, -0.2) is 15.9 Å². The fraction of sp³-hybridized carbons (Fsp3) is 0. The number of nitrogens with two attached hydrogens (primary N) is 1. The van der Waals surface area contributed by atoms with E-state index in [1.54, 1.807) is 0 Å². The molecule has 0 bridgehead atoms. The topological polar surface area (TPSA) is 106 Å². The molecular weight excluding hydrogens is 294 g/mol. The van der Waals surface area contributed by atoms with Crippen molar-refractivity contribution >= 4 is 33.9 Å². The number of fused-ring (bicyclic) bond motifs is 1. The zero-order valence-electron chi connectivity index (χ0n) is 12.0. The van der Waals surface area contributed by atoms with Gasteiger partial charge in [-0.3, -0.25) is 10.1 Å². The highest BCUT2D eigenvalue weighted by Gasteiger charge is 2.13. The smallest absolute Gasteiger partial charge is 0.313 e. The SMILES string of the molecule is NC(=Nc1ncccc1[N+](=O)[O-])Nc1cccc2ccccc12. The summed E-state index contributed by atoms with van der Waals surface area (Å²) >= 11 is 0. The van der Waals surface area contributed by atoms with Crippen molar-refractivity contribution in [2.75, 3.05) is 5.32 Å². The third-order valence-corrected chi connectivity index (χ3v) is 3.24. The van der Waals surface area contributed by atoms with E-state index in [9.17, 15) is 10.1 Å². The van der Waals surface area contributed by atoms with Gasteiger partial charge in [-0.25, -0.2) is 4.98 Å². The largest absolute Gasteiger partial charge is 0.369 e. The van der Waals surface area contributed by atoms with Crippen LogP contribution in [0.3, 0.4) is 0 Å². The van der Waals surface area contributed by atoms with Crippen molar-refractivity contribution in [3.8, 4) is 0 Å². The summed E-state index contributed by atoms with van der Waals surface area (Å²) in [4.78, 5) is 18.3. The Balaban J connectivity index is 1.95. The maximum Gasteiger partial charge on any atom is 0.313 e. The Kier molecular flexibility index (Phi) is 3.84. The van der Waals surface area contributed by atoms with E-state index in [2.05, 4.69) is 15.3 Å². The summed E-state index contributed by atoms with van der Waals surface area (Å²) in [6.45, 7) is 0. The number of hydrogen-bond donors (Lipinski definition) is 2. The Labute approximate surface area is 131 Å². The van der Waals surface area contributed by atoms with Gasteiger partial charge in [0.15, 0.2) is 5.96 Å². The molecule has 7 heteroatoms. The molecule has 23 heavy (non-hydrogen) atoms. The highest BCUT2D eigenvalue weighted by molar-refractivity contribution is 6.03. The normalized spacial score (nSPS) is 11.4. The molecule has 114 valence electrons. The number of benzene rings is 2. The summed E-state index contributed by atoms with van der Waals surface area (Å²) in [5, 5.41) is 16.0. The molecule has 0 saturated heterocycles. The highest BCUT2D eigenvalue weighted by Crippen LogP contribution is 2.25. The molecule has 3 aromatic rings. The first-order valence-electron chi connectivity index (χ1n) is 6.83. The Morgan fingerprint density at radius 3 is 2.74 bits per heavy atom. The number of aromatic nitrogens is 1. The molecule has 0 spiro atoms. The number of aliphatic imine (C=N–C) groups is 1. The number of pyridine rings is 1. The van der Waals surface area contributed by atoms with Gasteiger partial charge >= 0.3 is 5.69 Å². The summed E-state index contributed by atoms with van der Waals surface area (Å²) in [7, 11) is 0. The lowest BCUT2D eigenvalue weighted by atomic mass is 10.1. The molecule has 0 aliphatic heterocycles. The lowest BCUT2D eigenvalue weighted by molar-refractivity contribution is -0.384. The average molecular weight is 307 g/mol. The standard InChI is InChI=1S/C16H13N5O2/c17-16(20-15-14(21(22)23)9-4-10-18-15)19-13-8-3-6-11-5-1-2-7-12(11)13/h1-10H,(H3,17,18,19,20). The minimum absolute atomic E-state index is 0.0307. The molecule has 1 heterocycles. The van der Waals surface area contributed by atoms with Gasteiger partial charge in [-0.15, -0.1) is 0 Å². The fourth-order valence-electron chi connectivity index (χ4n) is 2.23. The van der Waals surface area contributed by atoms with Gasteiger partial charge in [0, 0.05) is 23.3 Å². The van der Waals surface area contributed by atoms with Crippen LogP contribution in [0.1, 0.15) is 0 Å². The van der Waals surface area contributed by atoms with Gasteiger partial charge in [-0.2, -0.15) is 4.99 Å². The first kappa shape index (κ1) is 14.5. The van der Waals surface area contributed by atoms with E-state index in [1.807, 2.05) is 42.5 Å². The van der Waals surface area contributed by atoms with Crippen LogP contribution in [0.4, 0.5) is 17.2 Å². The minimum atomic E-state index is -0.545. The fourth-order valence-corrected chi connectivity index (χ4v) is 2.23. The van der Waals surface area contributed by atoms with Crippen LogP contribution in [0.2, 0.25) is 0 Å². The number of anilines is 1.